The van der Waals surface area contributed by atoms with Crippen LogP contribution in [-0.2, 0) is 16.4 Å². The summed E-state index contributed by atoms with van der Waals surface area (Å²) < 4.78 is 33.5. The van der Waals surface area contributed by atoms with E-state index < -0.39 is 16.1 Å². The van der Waals surface area contributed by atoms with Crippen LogP contribution in [0.5, 0.6) is 5.88 Å². The molecule has 0 saturated heterocycles. The topological polar surface area (TPSA) is 115 Å². The summed E-state index contributed by atoms with van der Waals surface area (Å²) in [4.78, 5) is 16.4. The van der Waals surface area contributed by atoms with Crippen LogP contribution in [0.2, 0.25) is 9.36 Å². The monoisotopic (exact) mass is 527 g/mol. The zero-order valence-corrected chi connectivity index (χ0v) is 20.5. The van der Waals surface area contributed by atoms with Gasteiger partial charge in [0.05, 0.1) is 35.9 Å². The van der Waals surface area contributed by atoms with E-state index in [4.69, 9.17) is 27.9 Å². The predicted octanol–water partition coefficient (Wildman–Crippen LogP) is 4.05. The van der Waals surface area contributed by atoms with Gasteiger partial charge in [0.25, 0.3) is 10.0 Å². The lowest BCUT2D eigenvalue weighted by Crippen LogP contribution is -2.39. The van der Waals surface area contributed by atoms with Crippen LogP contribution in [0.15, 0.2) is 40.9 Å². The van der Waals surface area contributed by atoms with Gasteiger partial charge in [0, 0.05) is 12.6 Å². The van der Waals surface area contributed by atoms with E-state index in [1.165, 1.54) is 6.07 Å². The quantitative estimate of drug-likeness (QED) is 0.499. The lowest BCUT2D eigenvalue weighted by Gasteiger charge is -2.18. The minimum Gasteiger partial charge on any atom is -0.481 e. The number of urea groups is 1. The van der Waals surface area contributed by atoms with Crippen molar-refractivity contribution in [3.63, 3.8) is 0 Å². The molecule has 2 N–H and O–H groups in total. The van der Waals surface area contributed by atoms with Crippen LogP contribution < -0.4 is 14.8 Å². The third-order valence-electron chi connectivity index (χ3n) is 4.94. The summed E-state index contributed by atoms with van der Waals surface area (Å²) in [5, 5.41) is 7.17. The Hall–Kier alpha value is -2.60. The maximum Gasteiger partial charge on any atom is 0.328 e. The first-order valence-electron chi connectivity index (χ1n) is 9.80. The molecule has 0 bridgehead atoms. The number of carbonyl (C=O) groups excluding carboxylic acids is 1. The smallest absolute Gasteiger partial charge is 0.328 e. The van der Waals surface area contributed by atoms with Crippen LogP contribution in [0.25, 0.3) is 11.3 Å². The maximum absolute atomic E-state index is 12.3. The van der Waals surface area contributed by atoms with Gasteiger partial charge < -0.3 is 10.1 Å². The molecule has 0 saturated carbocycles. The summed E-state index contributed by atoms with van der Waals surface area (Å²) in [6.07, 6.45) is 8.02. The van der Waals surface area contributed by atoms with Crippen molar-refractivity contribution in [2.75, 3.05) is 13.7 Å². The molecule has 13 heteroatoms. The van der Waals surface area contributed by atoms with E-state index in [1.54, 1.807) is 19.4 Å². The fourth-order valence-corrected chi connectivity index (χ4v) is 6.25. The number of pyridine rings is 1. The summed E-state index contributed by atoms with van der Waals surface area (Å²) in [6, 6.07) is 3.97. The van der Waals surface area contributed by atoms with Crippen LogP contribution in [0.3, 0.4) is 0 Å². The molecule has 0 aliphatic heterocycles. The average Bonchev–Trinajstić information content (AvgIpc) is 3.38. The van der Waals surface area contributed by atoms with Gasteiger partial charge in [-0.3, -0.25) is 0 Å². The van der Waals surface area contributed by atoms with Crippen molar-refractivity contribution in [1.29, 1.82) is 0 Å². The molecule has 4 rings (SSSR count). The Bertz CT molecular complexity index is 1300. The van der Waals surface area contributed by atoms with Crippen LogP contribution in [-0.4, -0.2) is 42.9 Å². The van der Waals surface area contributed by atoms with Gasteiger partial charge in [0.2, 0.25) is 5.88 Å². The SMILES string of the molecule is COc1ccc(-n2ncc3c2/C(=C/CNC(=O)NS(=O)(=O)c2cc(Cl)c(Cl)s2)CCC3)cn1. The van der Waals surface area contributed by atoms with Crippen molar-refractivity contribution in [2.45, 2.75) is 23.5 Å². The minimum atomic E-state index is -4.07. The van der Waals surface area contributed by atoms with Gasteiger partial charge in [0.1, 0.15) is 8.55 Å². The number of ether oxygens (including phenoxy) is 1. The van der Waals surface area contributed by atoms with E-state index in [0.29, 0.717) is 5.88 Å². The molecule has 33 heavy (non-hydrogen) atoms. The van der Waals surface area contributed by atoms with Gasteiger partial charge in [-0.2, -0.15) is 5.10 Å². The zero-order valence-electron chi connectivity index (χ0n) is 17.3. The highest BCUT2D eigenvalue weighted by molar-refractivity contribution is 7.92. The minimum absolute atomic E-state index is 0.115. The van der Waals surface area contributed by atoms with E-state index in [0.717, 1.165) is 53.1 Å². The van der Waals surface area contributed by atoms with E-state index in [-0.39, 0.29) is 20.1 Å². The number of aromatic nitrogens is 3. The van der Waals surface area contributed by atoms with Crippen molar-refractivity contribution in [1.82, 2.24) is 24.8 Å². The fourth-order valence-electron chi connectivity index (χ4n) is 3.44. The van der Waals surface area contributed by atoms with E-state index >= 15 is 0 Å². The van der Waals surface area contributed by atoms with Crippen LogP contribution in [0.4, 0.5) is 4.79 Å². The number of hydrogen-bond acceptors (Lipinski definition) is 7. The summed E-state index contributed by atoms with van der Waals surface area (Å²) >= 11 is 12.4. The largest absolute Gasteiger partial charge is 0.481 e. The summed E-state index contributed by atoms with van der Waals surface area (Å²) in [7, 11) is -2.52. The molecule has 3 heterocycles. The van der Waals surface area contributed by atoms with Crippen molar-refractivity contribution in [3.05, 3.63) is 57.3 Å². The number of halogens is 2. The number of methoxy groups -OCH3 is 1. The molecule has 0 spiro atoms. The number of aryl methyl sites for hydroxylation is 1. The standard InChI is InChI=1S/C20H19Cl2N5O4S2/c1-31-16-6-5-14(11-24-16)27-18-12(3-2-4-13(18)10-25-27)7-8-23-20(28)26-33(29,30)17-9-15(21)19(22)32-17/h5-7,9-11H,2-4,8H2,1H3,(H2,23,26,28)/b12-7+. The number of amides is 2. The number of nitrogens with zero attached hydrogens (tertiary/aromatic N) is 3. The summed E-state index contributed by atoms with van der Waals surface area (Å²) in [6.45, 7) is 0.133. The Balaban J connectivity index is 1.46. The normalized spacial score (nSPS) is 14.7. The molecule has 3 aromatic heterocycles. The number of thiophene rings is 1. The molecule has 9 nitrogen and oxygen atoms in total. The second-order valence-electron chi connectivity index (χ2n) is 7.07. The average molecular weight is 528 g/mol. The van der Waals surface area contributed by atoms with Gasteiger partial charge in [0.15, 0.2) is 0 Å². The van der Waals surface area contributed by atoms with Crippen molar-refractivity contribution < 1.29 is 17.9 Å². The molecule has 1 aliphatic rings. The van der Waals surface area contributed by atoms with E-state index in [2.05, 4.69) is 15.4 Å². The molecule has 0 aromatic carbocycles. The number of allylic oxidation sites excluding steroid dienone is 1. The summed E-state index contributed by atoms with van der Waals surface area (Å²) in [5.74, 6) is 0.507. The maximum atomic E-state index is 12.3. The predicted molar refractivity (Wildman–Crippen MR) is 127 cm³/mol. The molecular formula is C20H19Cl2N5O4S2. The lowest BCUT2D eigenvalue weighted by atomic mass is 9.92. The van der Waals surface area contributed by atoms with Gasteiger partial charge in [-0.05, 0) is 42.5 Å². The third-order valence-corrected chi connectivity index (χ3v) is 8.61. The molecule has 174 valence electrons. The number of carbonyl (C=O) groups is 1. The van der Waals surface area contributed by atoms with Crippen LogP contribution >= 0.6 is 34.5 Å². The lowest BCUT2D eigenvalue weighted by molar-refractivity contribution is 0.247. The molecule has 0 radical (unpaired) electrons. The number of rotatable bonds is 6. The number of fused-ring (bicyclic) bond motifs is 1. The number of nitrogens with one attached hydrogen (secondary N) is 2. The zero-order chi connectivity index (χ0) is 23.6. The van der Waals surface area contributed by atoms with Crippen molar-refractivity contribution in [2.24, 2.45) is 0 Å². The van der Waals surface area contributed by atoms with Gasteiger partial charge in [-0.15, -0.1) is 11.3 Å². The highest BCUT2D eigenvalue weighted by Crippen LogP contribution is 2.34. The first-order chi connectivity index (χ1) is 15.8. The van der Waals surface area contributed by atoms with Crippen molar-refractivity contribution >= 4 is 56.2 Å². The molecular weight excluding hydrogens is 509 g/mol. The van der Waals surface area contributed by atoms with Crippen LogP contribution in [0, 0.1) is 0 Å². The Morgan fingerprint density at radius 3 is 2.79 bits per heavy atom. The third kappa shape index (κ3) is 5.16. The molecule has 3 aromatic rings. The Kier molecular flexibility index (Phi) is 6.94. The molecule has 0 fully saturated rings. The Morgan fingerprint density at radius 2 is 2.12 bits per heavy atom. The second kappa shape index (κ2) is 9.72. The first kappa shape index (κ1) is 23.6. The first-order valence-corrected chi connectivity index (χ1v) is 12.9. The molecule has 0 atom stereocenters. The Morgan fingerprint density at radius 1 is 1.30 bits per heavy atom. The Labute approximate surface area is 204 Å². The number of hydrogen-bond donors (Lipinski definition) is 2. The second-order valence-corrected chi connectivity index (χ2v) is 11.0. The van der Waals surface area contributed by atoms with Crippen molar-refractivity contribution in [3.8, 4) is 11.6 Å². The van der Waals surface area contributed by atoms with Gasteiger partial charge in [-0.1, -0.05) is 29.3 Å². The van der Waals surface area contributed by atoms with E-state index in [9.17, 15) is 13.2 Å². The van der Waals surface area contributed by atoms with Gasteiger partial charge in [-0.25, -0.2) is 27.6 Å². The van der Waals surface area contributed by atoms with Crippen LogP contribution in [0.1, 0.15) is 24.1 Å². The van der Waals surface area contributed by atoms with E-state index in [1.807, 2.05) is 27.7 Å². The highest BCUT2D eigenvalue weighted by atomic mass is 35.5. The highest BCUT2D eigenvalue weighted by Gasteiger charge is 2.23. The molecule has 2 amide bonds. The fraction of sp³-hybridized carbons (Fsp3) is 0.250. The number of sulfonamides is 1. The molecule has 0 unspecified atom stereocenters. The van der Waals surface area contributed by atoms with Gasteiger partial charge >= 0.3 is 6.03 Å². The summed E-state index contributed by atoms with van der Waals surface area (Å²) in [5.41, 5.74) is 3.84. The molecule has 1 aliphatic carbocycles.